The number of carbonyl (C=O) groups excluding carboxylic acids is 2. The second kappa shape index (κ2) is 8.39. The maximum absolute atomic E-state index is 12.5. The van der Waals surface area contributed by atoms with Crippen LogP contribution in [0, 0.1) is 0 Å². The van der Waals surface area contributed by atoms with Gasteiger partial charge in [0.05, 0.1) is 6.61 Å². The second-order valence-corrected chi connectivity index (χ2v) is 7.85. The van der Waals surface area contributed by atoms with Crippen molar-refractivity contribution in [3.05, 3.63) is 59.7 Å². The smallest absolute Gasteiger partial charge is 0.407 e. The maximum atomic E-state index is 12.5. The molecule has 31 heavy (non-hydrogen) atoms. The number of carbonyl (C=O) groups is 3. The molecular formula is C23H24N2O6. The van der Waals surface area contributed by atoms with Crippen molar-refractivity contribution in [1.82, 2.24) is 10.6 Å². The van der Waals surface area contributed by atoms with Crippen LogP contribution >= 0.6 is 0 Å². The van der Waals surface area contributed by atoms with Crippen molar-refractivity contribution in [2.24, 2.45) is 0 Å². The van der Waals surface area contributed by atoms with Crippen LogP contribution in [0.25, 0.3) is 11.1 Å². The number of hydrogen-bond acceptors (Lipinski definition) is 5. The molecule has 1 fully saturated rings. The van der Waals surface area contributed by atoms with Crippen LogP contribution in [0.15, 0.2) is 48.5 Å². The summed E-state index contributed by atoms with van der Waals surface area (Å²) in [5.41, 5.74) is 3.16. The summed E-state index contributed by atoms with van der Waals surface area (Å²) in [7, 11) is 1.39. The first-order valence-electron chi connectivity index (χ1n) is 10.1. The standard InChI is InChI=1S/C23H24N2O6/c1-30-13-19(20(26)25-23(10-11-23)21(27)28)24-22(29)31-12-18-16-8-4-2-6-14(16)15-7-3-5-9-17(15)18/h2-9,18-19H,10-13H2,1H3,(H,24,29)(H,25,26)(H,27,28)/t19-/m0/s1. The fraction of sp³-hybridized carbons (Fsp3) is 0.348. The summed E-state index contributed by atoms with van der Waals surface area (Å²) in [5.74, 6) is -1.80. The van der Waals surface area contributed by atoms with Crippen molar-refractivity contribution >= 4 is 18.0 Å². The molecule has 3 N–H and O–H groups in total. The van der Waals surface area contributed by atoms with Gasteiger partial charge in [0.25, 0.3) is 0 Å². The third kappa shape index (κ3) is 4.11. The number of benzene rings is 2. The van der Waals surface area contributed by atoms with E-state index in [0.29, 0.717) is 12.8 Å². The highest BCUT2D eigenvalue weighted by Crippen LogP contribution is 2.44. The number of ether oxygens (including phenoxy) is 2. The molecule has 2 aliphatic rings. The number of hydrogen-bond donors (Lipinski definition) is 3. The molecule has 4 rings (SSSR count). The topological polar surface area (TPSA) is 114 Å². The van der Waals surface area contributed by atoms with E-state index in [-0.39, 0.29) is 19.1 Å². The van der Waals surface area contributed by atoms with Crippen LogP contribution in [0.4, 0.5) is 4.79 Å². The molecular weight excluding hydrogens is 400 g/mol. The lowest BCUT2D eigenvalue weighted by Crippen LogP contribution is -2.54. The highest BCUT2D eigenvalue weighted by Gasteiger charge is 2.52. The number of alkyl carbamates (subject to hydrolysis) is 1. The molecule has 2 aromatic carbocycles. The van der Waals surface area contributed by atoms with E-state index >= 15 is 0 Å². The van der Waals surface area contributed by atoms with Gasteiger partial charge in [-0.2, -0.15) is 0 Å². The van der Waals surface area contributed by atoms with Crippen molar-refractivity contribution in [2.75, 3.05) is 20.3 Å². The number of carboxylic acids is 1. The molecule has 8 nitrogen and oxygen atoms in total. The SMILES string of the molecule is COC[C@H](NC(=O)OCC1c2ccccc2-c2ccccc21)C(=O)NC1(C(=O)O)CC1. The summed E-state index contributed by atoms with van der Waals surface area (Å²) in [6.45, 7) is 0.00592. The summed E-state index contributed by atoms with van der Waals surface area (Å²) >= 11 is 0. The predicted molar refractivity (Wildman–Crippen MR) is 112 cm³/mol. The van der Waals surface area contributed by atoms with Crippen LogP contribution < -0.4 is 10.6 Å². The zero-order chi connectivity index (χ0) is 22.0. The molecule has 1 saturated carbocycles. The first-order valence-corrected chi connectivity index (χ1v) is 10.1. The van der Waals surface area contributed by atoms with Gasteiger partial charge in [-0.25, -0.2) is 9.59 Å². The molecule has 0 radical (unpaired) electrons. The summed E-state index contributed by atoms with van der Waals surface area (Å²) in [4.78, 5) is 36.2. The zero-order valence-electron chi connectivity index (χ0n) is 17.1. The molecule has 0 unspecified atom stereocenters. The van der Waals surface area contributed by atoms with E-state index in [1.54, 1.807) is 0 Å². The number of methoxy groups -OCH3 is 1. The first-order chi connectivity index (χ1) is 14.9. The Balaban J connectivity index is 1.40. The predicted octanol–water partition coefficient (Wildman–Crippen LogP) is 2.27. The fourth-order valence-corrected chi connectivity index (χ4v) is 3.97. The van der Waals surface area contributed by atoms with Crippen molar-refractivity contribution in [3.63, 3.8) is 0 Å². The molecule has 0 aliphatic heterocycles. The maximum Gasteiger partial charge on any atom is 0.407 e. The average molecular weight is 424 g/mol. The molecule has 0 spiro atoms. The minimum atomic E-state index is -1.24. The van der Waals surface area contributed by atoms with Crippen molar-refractivity contribution in [2.45, 2.75) is 30.3 Å². The third-order valence-corrected chi connectivity index (χ3v) is 5.81. The minimum Gasteiger partial charge on any atom is -0.480 e. The van der Waals surface area contributed by atoms with Crippen LogP contribution in [0.1, 0.15) is 29.9 Å². The molecule has 162 valence electrons. The highest BCUT2D eigenvalue weighted by atomic mass is 16.5. The van der Waals surface area contributed by atoms with Gasteiger partial charge in [-0.15, -0.1) is 0 Å². The van der Waals surface area contributed by atoms with Crippen molar-refractivity contribution in [1.29, 1.82) is 0 Å². The third-order valence-electron chi connectivity index (χ3n) is 5.81. The van der Waals surface area contributed by atoms with Gasteiger partial charge in [-0.05, 0) is 35.1 Å². The van der Waals surface area contributed by atoms with Crippen LogP contribution in [0.3, 0.4) is 0 Å². The van der Waals surface area contributed by atoms with Gasteiger partial charge in [0.15, 0.2) is 0 Å². The van der Waals surface area contributed by atoms with Crippen molar-refractivity contribution in [3.8, 4) is 11.1 Å². The Morgan fingerprint density at radius 1 is 1.06 bits per heavy atom. The van der Waals surface area contributed by atoms with Gasteiger partial charge in [0.1, 0.15) is 18.2 Å². The zero-order valence-corrected chi connectivity index (χ0v) is 17.1. The first kappa shape index (κ1) is 20.9. The normalized spacial score (nSPS) is 16.5. The average Bonchev–Trinajstić information content (AvgIpc) is 3.48. The largest absolute Gasteiger partial charge is 0.480 e. The molecule has 2 aromatic rings. The van der Waals surface area contributed by atoms with Gasteiger partial charge < -0.3 is 25.2 Å². The molecule has 8 heteroatoms. The number of fused-ring (bicyclic) bond motifs is 3. The van der Waals surface area contributed by atoms with E-state index in [4.69, 9.17) is 9.47 Å². The summed E-state index contributed by atoms with van der Waals surface area (Å²) in [6, 6.07) is 14.9. The lowest BCUT2D eigenvalue weighted by atomic mass is 9.98. The summed E-state index contributed by atoms with van der Waals surface area (Å²) < 4.78 is 10.5. The molecule has 1 atom stereocenters. The monoisotopic (exact) mass is 424 g/mol. The minimum absolute atomic E-state index is 0.102. The Labute approximate surface area is 179 Å². The van der Waals surface area contributed by atoms with Crippen LogP contribution in [0.2, 0.25) is 0 Å². The lowest BCUT2D eigenvalue weighted by Gasteiger charge is -2.21. The van der Waals surface area contributed by atoms with E-state index in [1.165, 1.54) is 7.11 Å². The Morgan fingerprint density at radius 2 is 1.65 bits per heavy atom. The van der Waals surface area contributed by atoms with Crippen LogP contribution in [-0.2, 0) is 19.1 Å². The fourth-order valence-electron chi connectivity index (χ4n) is 3.97. The Bertz CT molecular complexity index is 971. The number of aliphatic carboxylic acids is 1. The highest BCUT2D eigenvalue weighted by molar-refractivity contribution is 5.93. The molecule has 2 aliphatic carbocycles. The van der Waals surface area contributed by atoms with Crippen LogP contribution in [-0.4, -0.2) is 55.0 Å². The number of nitrogens with one attached hydrogen (secondary N) is 2. The number of rotatable bonds is 8. The molecule has 0 aromatic heterocycles. The van der Waals surface area contributed by atoms with Crippen LogP contribution in [0.5, 0.6) is 0 Å². The molecule has 0 heterocycles. The van der Waals surface area contributed by atoms with E-state index in [0.717, 1.165) is 22.3 Å². The van der Waals surface area contributed by atoms with Gasteiger partial charge in [0, 0.05) is 13.0 Å². The number of amides is 2. The van der Waals surface area contributed by atoms with E-state index < -0.39 is 29.6 Å². The summed E-state index contributed by atoms with van der Waals surface area (Å²) in [5, 5.41) is 14.2. The Morgan fingerprint density at radius 3 is 2.16 bits per heavy atom. The van der Waals surface area contributed by atoms with Gasteiger partial charge >= 0.3 is 12.1 Å². The van der Waals surface area contributed by atoms with Gasteiger partial charge in [-0.1, -0.05) is 48.5 Å². The van der Waals surface area contributed by atoms with Gasteiger partial charge in [-0.3, -0.25) is 4.79 Å². The van der Waals surface area contributed by atoms with E-state index in [1.807, 2.05) is 48.5 Å². The Kier molecular flexibility index (Phi) is 5.65. The van der Waals surface area contributed by atoms with E-state index in [2.05, 4.69) is 10.6 Å². The quantitative estimate of drug-likeness (QED) is 0.599. The molecule has 0 bridgehead atoms. The van der Waals surface area contributed by atoms with Gasteiger partial charge in [0.2, 0.25) is 5.91 Å². The molecule has 0 saturated heterocycles. The number of carboxylic acid groups (broad SMARTS) is 1. The van der Waals surface area contributed by atoms with Crippen molar-refractivity contribution < 1.29 is 29.0 Å². The Hall–Kier alpha value is -3.39. The molecule has 2 amide bonds. The van der Waals surface area contributed by atoms with E-state index in [9.17, 15) is 19.5 Å². The lowest BCUT2D eigenvalue weighted by molar-refractivity contribution is -0.143. The summed E-state index contributed by atoms with van der Waals surface area (Å²) in [6.07, 6.45) is -0.0449. The second-order valence-electron chi connectivity index (χ2n) is 7.85.